The van der Waals surface area contributed by atoms with Crippen LogP contribution in [0.2, 0.25) is 0 Å². The summed E-state index contributed by atoms with van der Waals surface area (Å²) in [5, 5.41) is 0. The van der Waals surface area contributed by atoms with E-state index in [1.165, 1.54) is 12.1 Å². The molecule has 0 saturated carbocycles. The minimum atomic E-state index is -0.405. The highest BCUT2D eigenvalue weighted by Crippen LogP contribution is 2.23. The second-order valence-electron chi connectivity index (χ2n) is 3.97. The lowest BCUT2D eigenvalue weighted by Gasteiger charge is -2.21. The molecule has 0 bridgehead atoms. The van der Waals surface area contributed by atoms with E-state index in [-0.39, 0.29) is 0 Å². The molecule has 4 heteroatoms. The lowest BCUT2D eigenvalue weighted by Crippen LogP contribution is -2.20. The molecule has 2 rings (SSSR count). The van der Waals surface area contributed by atoms with Gasteiger partial charge in [-0.2, -0.15) is 0 Å². The lowest BCUT2D eigenvalue weighted by atomic mass is 10.1. The Morgan fingerprint density at radius 2 is 2.11 bits per heavy atom. The van der Waals surface area contributed by atoms with Crippen LogP contribution in [0, 0.1) is 5.82 Å². The third-order valence-electron chi connectivity index (χ3n) is 2.65. The number of pyridine rings is 1. The highest BCUT2D eigenvalue weighted by atomic mass is 19.1. The summed E-state index contributed by atoms with van der Waals surface area (Å²) in [6.07, 6.45) is 2.35. The largest absolute Gasteiger partial charge is 0.366 e. The first-order valence-corrected chi connectivity index (χ1v) is 5.57. The van der Waals surface area contributed by atoms with Crippen LogP contribution in [-0.2, 0) is 6.54 Å². The number of rotatable bonds is 4. The number of hydrogen-bond donors (Lipinski definition) is 0. The summed E-state index contributed by atoms with van der Waals surface area (Å²) in [5.41, 5.74) is 1.46. The van der Waals surface area contributed by atoms with Gasteiger partial charge in [-0.3, -0.25) is 9.78 Å². The Hall–Kier alpha value is -2.23. The highest BCUT2D eigenvalue weighted by molar-refractivity contribution is 5.84. The van der Waals surface area contributed by atoms with Crippen molar-refractivity contribution in [2.24, 2.45) is 0 Å². The van der Waals surface area contributed by atoms with Crippen LogP contribution in [0.15, 0.2) is 42.6 Å². The van der Waals surface area contributed by atoms with Gasteiger partial charge in [0.15, 0.2) is 6.29 Å². The number of para-hydroxylation sites is 1. The number of carbonyl (C=O) groups excluding carboxylic acids is 1. The zero-order valence-electron chi connectivity index (χ0n) is 10.0. The molecule has 0 spiro atoms. The molecule has 1 aromatic carbocycles. The Bertz CT molecular complexity index is 543. The van der Waals surface area contributed by atoms with Crippen molar-refractivity contribution in [2.45, 2.75) is 6.54 Å². The van der Waals surface area contributed by atoms with Gasteiger partial charge in [-0.1, -0.05) is 12.1 Å². The van der Waals surface area contributed by atoms with E-state index in [1.807, 2.05) is 18.2 Å². The number of benzene rings is 1. The second-order valence-corrected chi connectivity index (χ2v) is 3.97. The summed E-state index contributed by atoms with van der Waals surface area (Å²) >= 11 is 0. The lowest BCUT2D eigenvalue weighted by molar-refractivity contribution is 0.112. The van der Waals surface area contributed by atoms with Gasteiger partial charge >= 0.3 is 0 Å². The first-order chi connectivity index (χ1) is 8.72. The number of anilines is 1. The van der Waals surface area contributed by atoms with E-state index in [9.17, 15) is 9.18 Å². The van der Waals surface area contributed by atoms with E-state index in [2.05, 4.69) is 4.98 Å². The van der Waals surface area contributed by atoms with E-state index in [1.54, 1.807) is 24.2 Å². The topological polar surface area (TPSA) is 33.2 Å². The van der Waals surface area contributed by atoms with Gasteiger partial charge in [0.1, 0.15) is 5.82 Å². The number of aldehydes is 1. The summed E-state index contributed by atoms with van der Waals surface area (Å²) < 4.78 is 13.8. The van der Waals surface area contributed by atoms with Crippen molar-refractivity contribution in [1.82, 2.24) is 4.98 Å². The quantitative estimate of drug-likeness (QED) is 0.775. The molecule has 0 radical (unpaired) electrons. The van der Waals surface area contributed by atoms with Gasteiger partial charge < -0.3 is 4.90 Å². The normalized spacial score (nSPS) is 10.1. The zero-order valence-corrected chi connectivity index (χ0v) is 10.0. The molecule has 3 nitrogen and oxygen atoms in total. The van der Waals surface area contributed by atoms with Crippen LogP contribution in [0.5, 0.6) is 0 Å². The van der Waals surface area contributed by atoms with Crippen LogP contribution < -0.4 is 4.90 Å². The molecule has 18 heavy (non-hydrogen) atoms. The Labute approximate surface area is 105 Å². The van der Waals surface area contributed by atoms with Crippen molar-refractivity contribution in [1.29, 1.82) is 0 Å². The maximum absolute atomic E-state index is 13.8. The SMILES string of the molecule is CN(Cc1ccccn1)c1c(F)cccc1C=O. The fourth-order valence-electron chi connectivity index (χ4n) is 1.84. The molecule has 1 heterocycles. The average molecular weight is 244 g/mol. The third kappa shape index (κ3) is 2.53. The fourth-order valence-corrected chi connectivity index (χ4v) is 1.84. The average Bonchev–Trinajstić information content (AvgIpc) is 2.39. The van der Waals surface area contributed by atoms with E-state index in [0.717, 1.165) is 5.69 Å². The minimum absolute atomic E-state index is 0.304. The van der Waals surface area contributed by atoms with Crippen LogP contribution in [-0.4, -0.2) is 18.3 Å². The van der Waals surface area contributed by atoms with Gasteiger partial charge in [0.2, 0.25) is 0 Å². The maximum Gasteiger partial charge on any atom is 0.152 e. The molecule has 0 fully saturated rings. The van der Waals surface area contributed by atoms with Crippen LogP contribution >= 0.6 is 0 Å². The first kappa shape index (κ1) is 12.2. The number of nitrogens with zero attached hydrogens (tertiary/aromatic N) is 2. The molecule has 0 saturated heterocycles. The highest BCUT2D eigenvalue weighted by Gasteiger charge is 2.13. The van der Waals surface area contributed by atoms with Crippen LogP contribution in [0.3, 0.4) is 0 Å². The van der Waals surface area contributed by atoms with Crippen molar-refractivity contribution in [3.8, 4) is 0 Å². The smallest absolute Gasteiger partial charge is 0.152 e. The summed E-state index contributed by atoms with van der Waals surface area (Å²) in [6.45, 7) is 0.447. The van der Waals surface area contributed by atoms with Crippen molar-refractivity contribution < 1.29 is 9.18 Å². The van der Waals surface area contributed by atoms with Gasteiger partial charge in [0, 0.05) is 18.8 Å². The van der Waals surface area contributed by atoms with Crippen LogP contribution in [0.25, 0.3) is 0 Å². The number of halogens is 1. The molecule has 0 atom stereocenters. The van der Waals surface area contributed by atoms with Gasteiger partial charge in [-0.25, -0.2) is 4.39 Å². The minimum Gasteiger partial charge on any atom is -0.366 e. The molecule has 92 valence electrons. The fraction of sp³-hybridized carbons (Fsp3) is 0.143. The summed E-state index contributed by atoms with van der Waals surface area (Å²) in [5.74, 6) is -0.405. The van der Waals surface area contributed by atoms with Crippen molar-refractivity contribution >= 4 is 12.0 Å². The standard InChI is InChI=1S/C14H13FN2O/c1-17(9-12-6-2-3-8-16-12)14-11(10-18)5-4-7-13(14)15/h2-8,10H,9H2,1H3. The monoisotopic (exact) mass is 244 g/mol. The predicted octanol–water partition coefficient (Wildman–Crippen LogP) is 2.67. The van der Waals surface area contributed by atoms with Gasteiger partial charge in [-0.15, -0.1) is 0 Å². The van der Waals surface area contributed by atoms with Gasteiger partial charge in [-0.05, 0) is 24.3 Å². The Balaban J connectivity index is 2.29. The third-order valence-corrected chi connectivity index (χ3v) is 2.65. The summed E-state index contributed by atoms with van der Waals surface area (Å²) in [7, 11) is 1.74. The molecule has 0 aliphatic carbocycles. The van der Waals surface area contributed by atoms with Gasteiger partial charge in [0.25, 0.3) is 0 Å². The van der Waals surface area contributed by atoms with Crippen molar-refractivity contribution in [3.05, 3.63) is 59.7 Å². The van der Waals surface area contributed by atoms with E-state index in [4.69, 9.17) is 0 Å². The second kappa shape index (κ2) is 5.40. The van der Waals surface area contributed by atoms with E-state index in [0.29, 0.717) is 24.1 Å². The molecule has 1 aromatic heterocycles. The Morgan fingerprint density at radius 1 is 1.28 bits per heavy atom. The number of carbonyl (C=O) groups is 1. The van der Waals surface area contributed by atoms with E-state index < -0.39 is 5.82 Å². The Morgan fingerprint density at radius 3 is 2.78 bits per heavy atom. The molecular formula is C14H13FN2O. The number of hydrogen-bond acceptors (Lipinski definition) is 3. The zero-order chi connectivity index (χ0) is 13.0. The molecule has 0 N–H and O–H groups in total. The molecule has 0 unspecified atom stereocenters. The van der Waals surface area contributed by atoms with E-state index >= 15 is 0 Å². The number of aromatic nitrogens is 1. The molecule has 0 aliphatic heterocycles. The van der Waals surface area contributed by atoms with Crippen molar-refractivity contribution in [2.75, 3.05) is 11.9 Å². The Kier molecular flexibility index (Phi) is 3.67. The molecule has 0 aliphatic rings. The molecule has 0 amide bonds. The summed E-state index contributed by atoms with van der Waals surface area (Å²) in [6, 6.07) is 10.0. The predicted molar refractivity (Wildman–Crippen MR) is 68.1 cm³/mol. The molecular weight excluding hydrogens is 231 g/mol. The van der Waals surface area contributed by atoms with Gasteiger partial charge in [0.05, 0.1) is 17.9 Å². The van der Waals surface area contributed by atoms with Crippen molar-refractivity contribution in [3.63, 3.8) is 0 Å². The van der Waals surface area contributed by atoms with Crippen LogP contribution in [0.4, 0.5) is 10.1 Å². The first-order valence-electron chi connectivity index (χ1n) is 5.57. The van der Waals surface area contributed by atoms with Crippen LogP contribution in [0.1, 0.15) is 16.1 Å². The maximum atomic E-state index is 13.8. The molecule has 2 aromatic rings. The summed E-state index contributed by atoms with van der Waals surface area (Å²) in [4.78, 5) is 16.8.